The van der Waals surface area contributed by atoms with Crippen LogP contribution in [0.1, 0.15) is 18.1 Å². The van der Waals surface area contributed by atoms with Gasteiger partial charge in [0.05, 0.1) is 20.8 Å². The fourth-order valence-electron chi connectivity index (χ4n) is 3.17. The first-order valence-electron chi connectivity index (χ1n) is 8.72. The zero-order valence-electron chi connectivity index (χ0n) is 15.7. The molecule has 2 aromatic rings. The third kappa shape index (κ3) is 4.02. The number of amides is 2. The van der Waals surface area contributed by atoms with Gasteiger partial charge in [-0.05, 0) is 30.7 Å². The number of carbonyl (C=O) groups excluding carboxylic acids is 2. The SMILES string of the molecule is COc1ccc(CN2CC(=O)N(Cc3cccnc3OC)[C@@H](C)C2=O)cc1. The highest BCUT2D eigenvalue weighted by atomic mass is 16.5. The second-order valence-electron chi connectivity index (χ2n) is 6.41. The molecule has 27 heavy (non-hydrogen) atoms. The van der Waals surface area contributed by atoms with Crippen LogP contribution in [0.4, 0.5) is 0 Å². The molecule has 1 aromatic carbocycles. The number of hydrogen-bond donors (Lipinski definition) is 0. The minimum atomic E-state index is -0.547. The maximum absolute atomic E-state index is 12.8. The van der Waals surface area contributed by atoms with Crippen molar-refractivity contribution in [1.29, 1.82) is 0 Å². The third-order valence-corrected chi connectivity index (χ3v) is 4.70. The lowest BCUT2D eigenvalue weighted by molar-refractivity contribution is -0.156. The molecule has 3 rings (SSSR count). The van der Waals surface area contributed by atoms with Gasteiger partial charge in [0, 0.05) is 18.3 Å². The number of pyridine rings is 1. The first-order valence-corrected chi connectivity index (χ1v) is 8.72. The van der Waals surface area contributed by atoms with Crippen LogP contribution in [0.2, 0.25) is 0 Å². The summed E-state index contributed by atoms with van der Waals surface area (Å²) in [6.45, 7) is 2.49. The van der Waals surface area contributed by atoms with Crippen LogP contribution in [-0.4, -0.2) is 53.4 Å². The van der Waals surface area contributed by atoms with Crippen molar-refractivity contribution in [1.82, 2.24) is 14.8 Å². The van der Waals surface area contributed by atoms with Gasteiger partial charge in [0.25, 0.3) is 0 Å². The van der Waals surface area contributed by atoms with Gasteiger partial charge >= 0.3 is 0 Å². The Kier molecular flexibility index (Phi) is 5.59. The lowest BCUT2D eigenvalue weighted by Gasteiger charge is -2.39. The summed E-state index contributed by atoms with van der Waals surface area (Å²) in [5.74, 6) is 1.05. The maximum atomic E-state index is 12.8. The summed E-state index contributed by atoms with van der Waals surface area (Å²) in [6.07, 6.45) is 1.63. The fourth-order valence-corrected chi connectivity index (χ4v) is 3.17. The maximum Gasteiger partial charge on any atom is 0.245 e. The van der Waals surface area contributed by atoms with Crippen molar-refractivity contribution in [2.24, 2.45) is 0 Å². The predicted molar refractivity (Wildman–Crippen MR) is 99.2 cm³/mol. The lowest BCUT2D eigenvalue weighted by Crippen LogP contribution is -2.58. The van der Waals surface area contributed by atoms with Crippen LogP contribution in [0.15, 0.2) is 42.6 Å². The number of hydrogen-bond acceptors (Lipinski definition) is 5. The van der Waals surface area contributed by atoms with Gasteiger partial charge in [-0.25, -0.2) is 4.98 Å². The Labute approximate surface area is 158 Å². The number of piperazine rings is 1. The van der Waals surface area contributed by atoms with Crippen molar-refractivity contribution < 1.29 is 19.1 Å². The molecular formula is C20H23N3O4. The molecule has 0 radical (unpaired) electrons. The van der Waals surface area contributed by atoms with E-state index < -0.39 is 6.04 Å². The Balaban J connectivity index is 1.72. The average Bonchev–Trinajstić information content (AvgIpc) is 2.70. The molecule has 142 valence electrons. The van der Waals surface area contributed by atoms with E-state index in [2.05, 4.69) is 4.98 Å². The zero-order valence-corrected chi connectivity index (χ0v) is 15.7. The summed E-state index contributed by atoms with van der Waals surface area (Å²) < 4.78 is 10.4. The van der Waals surface area contributed by atoms with E-state index in [4.69, 9.17) is 9.47 Å². The van der Waals surface area contributed by atoms with Crippen LogP contribution in [-0.2, 0) is 22.7 Å². The van der Waals surface area contributed by atoms with Gasteiger partial charge < -0.3 is 19.3 Å². The topological polar surface area (TPSA) is 72.0 Å². The second kappa shape index (κ2) is 8.07. The van der Waals surface area contributed by atoms with E-state index in [1.165, 1.54) is 7.11 Å². The monoisotopic (exact) mass is 369 g/mol. The first-order chi connectivity index (χ1) is 13.0. The van der Waals surface area contributed by atoms with Crippen LogP contribution >= 0.6 is 0 Å². The van der Waals surface area contributed by atoms with Gasteiger partial charge in [0.1, 0.15) is 18.3 Å². The van der Waals surface area contributed by atoms with Crippen LogP contribution in [0.5, 0.6) is 11.6 Å². The summed E-state index contributed by atoms with van der Waals surface area (Å²) >= 11 is 0. The summed E-state index contributed by atoms with van der Waals surface area (Å²) in [5, 5.41) is 0. The molecule has 2 heterocycles. The number of ether oxygens (including phenoxy) is 2. The van der Waals surface area contributed by atoms with Gasteiger partial charge in [-0.1, -0.05) is 18.2 Å². The second-order valence-corrected chi connectivity index (χ2v) is 6.41. The molecule has 0 aliphatic carbocycles. The van der Waals surface area contributed by atoms with E-state index in [1.807, 2.05) is 30.3 Å². The van der Waals surface area contributed by atoms with E-state index in [9.17, 15) is 9.59 Å². The summed E-state index contributed by atoms with van der Waals surface area (Å²) in [6, 6.07) is 10.6. The standard InChI is InChI=1S/C20H23N3O4/c1-14-20(25)22(11-15-6-8-17(26-2)9-7-15)13-18(24)23(14)12-16-5-4-10-21-19(16)27-3/h4-10,14H,11-13H2,1-3H3/t14-/m0/s1. The summed E-state index contributed by atoms with van der Waals surface area (Å²) in [4.78, 5) is 32.8. The highest BCUT2D eigenvalue weighted by Gasteiger charge is 2.36. The van der Waals surface area contributed by atoms with Crippen molar-refractivity contribution >= 4 is 11.8 Å². The number of aromatic nitrogens is 1. The molecule has 1 fully saturated rings. The quantitative estimate of drug-likeness (QED) is 0.777. The van der Waals surface area contributed by atoms with Crippen LogP contribution < -0.4 is 9.47 Å². The highest BCUT2D eigenvalue weighted by molar-refractivity contribution is 5.94. The average molecular weight is 369 g/mol. The van der Waals surface area contributed by atoms with Crippen LogP contribution in [0, 0.1) is 0 Å². The fraction of sp³-hybridized carbons (Fsp3) is 0.350. The van der Waals surface area contributed by atoms with E-state index >= 15 is 0 Å². The molecule has 1 atom stereocenters. The van der Waals surface area contributed by atoms with E-state index in [1.54, 1.807) is 36.1 Å². The number of rotatable bonds is 6. The summed E-state index contributed by atoms with van der Waals surface area (Å²) in [5.41, 5.74) is 1.73. The molecule has 2 amide bonds. The molecule has 7 nitrogen and oxygen atoms in total. The molecule has 0 unspecified atom stereocenters. The van der Waals surface area contributed by atoms with Crippen molar-refractivity contribution in [3.63, 3.8) is 0 Å². The van der Waals surface area contributed by atoms with Gasteiger partial charge in [-0.3, -0.25) is 9.59 Å². The molecule has 0 N–H and O–H groups in total. The van der Waals surface area contributed by atoms with Crippen molar-refractivity contribution in [2.45, 2.75) is 26.1 Å². The molecule has 7 heteroatoms. The smallest absolute Gasteiger partial charge is 0.245 e. The van der Waals surface area contributed by atoms with Gasteiger partial charge in [-0.15, -0.1) is 0 Å². The van der Waals surface area contributed by atoms with Gasteiger partial charge in [0.15, 0.2) is 0 Å². The Bertz CT molecular complexity index is 822. The predicted octanol–water partition coefficient (Wildman–Crippen LogP) is 1.86. The van der Waals surface area contributed by atoms with Crippen LogP contribution in [0.3, 0.4) is 0 Å². The van der Waals surface area contributed by atoms with Gasteiger partial charge in [0.2, 0.25) is 17.7 Å². The zero-order chi connectivity index (χ0) is 19.4. The van der Waals surface area contributed by atoms with Crippen LogP contribution in [0.25, 0.3) is 0 Å². The number of carbonyl (C=O) groups is 2. The van der Waals surface area contributed by atoms with E-state index in [0.717, 1.165) is 16.9 Å². The Morgan fingerprint density at radius 2 is 1.81 bits per heavy atom. The molecule has 0 spiro atoms. The van der Waals surface area contributed by atoms with E-state index in [-0.39, 0.29) is 18.4 Å². The normalized spacial score (nSPS) is 17.2. The Morgan fingerprint density at radius 3 is 2.48 bits per heavy atom. The van der Waals surface area contributed by atoms with Crippen molar-refractivity contribution in [3.8, 4) is 11.6 Å². The Morgan fingerprint density at radius 1 is 1.07 bits per heavy atom. The Hall–Kier alpha value is -3.09. The molecule has 1 aromatic heterocycles. The highest BCUT2D eigenvalue weighted by Crippen LogP contribution is 2.22. The molecule has 0 saturated carbocycles. The molecule has 0 bridgehead atoms. The summed E-state index contributed by atoms with van der Waals surface area (Å²) in [7, 11) is 3.14. The molecule has 1 aliphatic rings. The van der Waals surface area contributed by atoms with Crippen molar-refractivity contribution in [2.75, 3.05) is 20.8 Å². The van der Waals surface area contributed by atoms with Crippen molar-refractivity contribution in [3.05, 3.63) is 53.7 Å². The lowest BCUT2D eigenvalue weighted by atomic mass is 10.1. The number of methoxy groups -OCH3 is 2. The first kappa shape index (κ1) is 18.7. The molecular weight excluding hydrogens is 346 g/mol. The minimum Gasteiger partial charge on any atom is -0.497 e. The van der Waals surface area contributed by atoms with E-state index in [0.29, 0.717) is 19.0 Å². The minimum absolute atomic E-state index is 0.0534. The third-order valence-electron chi connectivity index (χ3n) is 4.70. The molecule has 1 aliphatic heterocycles. The largest absolute Gasteiger partial charge is 0.497 e. The number of benzene rings is 1. The molecule has 1 saturated heterocycles. The number of nitrogens with zero attached hydrogens (tertiary/aromatic N) is 3. The van der Waals surface area contributed by atoms with Gasteiger partial charge in [-0.2, -0.15) is 0 Å².